The van der Waals surface area contributed by atoms with Crippen molar-refractivity contribution < 1.29 is 20.8 Å². The molecule has 0 N–H and O–H groups in total. The second kappa shape index (κ2) is 10.6. The van der Waals surface area contributed by atoms with Crippen LogP contribution in [0.1, 0.15) is 64.2 Å². The van der Waals surface area contributed by atoms with Gasteiger partial charge in [0.1, 0.15) is 0 Å². The molecule has 26 heavy (non-hydrogen) atoms. The molecule has 4 aliphatic rings. The summed E-state index contributed by atoms with van der Waals surface area (Å²) in [7, 11) is 8.35. The van der Waals surface area contributed by atoms with Crippen LogP contribution in [0.5, 0.6) is 0 Å². The maximum absolute atomic E-state index is 4.93. The Kier molecular flexibility index (Phi) is 9.15. The van der Waals surface area contributed by atoms with Gasteiger partial charge >= 0.3 is 37.9 Å². The van der Waals surface area contributed by atoms with Gasteiger partial charge < -0.3 is 0 Å². The van der Waals surface area contributed by atoms with Gasteiger partial charge in [-0.25, -0.2) is 0 Å². The second-order valence-corrected chi connectivity index (χ2v) is 16.5. The van der Waals surface area contributed by atoms with Gasteiger partial charge in [-0.3, -0.25) is 0 Å². The summed E-state index contributed by atoms with van der Waals surface area (Å²) in [4.78, 5) is 0. The van der Waals surface area contributed by atoms with Crippen molar-refractivity contribution in [3.05, 3.63) is 60.4 Å². The van der Waals surface area contributed by atoms with Crippen LogP contribution in [-0.2, 0) is 20.8 Å². The molecule has 0 bridgehead atoms. The Hall–Kier alpha value is 1.68. The van der Waals surface area contributed by atoms with Gasteiger partial charge in [0.15, 0.2) is 0 Å². The SMILES string of the molecule is C[Si](C)([C]1[CH][C]2CCCCC[C]2[CH]1)[C]1[CH][C]2CCCCC[C]2[CH]1.[Cl][Zr+2][Cl]. The van der Waals surface area contributed by atoms with E-state index >= 15 is 0 Å². The van der Waals surface area contributed by atoms with E-state index in [2.05, 4.69) is 38.8 Å². The fraction of sp³-hybridized carbons (Fsp3) is 0.545. The van der Waals surface area contributed by atoms with Gasteiger partial charge in [-0.1, -0.05) is 51.6 Å². The van der Waals surface area contributed by atoms with Crippen molar-refractivity contribution in [2.75, 3.05) is 0 Å². The van der Waals surface area contributed by atoms with Crippen LogP contribution in [0.3, 0.4) is 0 Å². The van der Waals surface area contributed by atoms with Gasteiger partial charge in [0.05, 0.1) is 8.07 Å². The maximum atomic E-state index is 4.93. The Balaban J connectivity index is 0.000000613. The molecule has 0 aromatic heterocycles. The molecule has 4 aliphatic carbocycles. The average Bonchev–Trinajstić information content (AvgIpc) is 3.07. The molecule has 138 valence electrons. The van der Waals surface area contributed by atoms with Crippen molar-refractivity contribution in [3.63, 3.8) is 0 Å². The molecule has 0 spiro atoms. The van der Waals surface area contributed by atoms with Crippen molar-refractivity contribution in [2.24, 2.45) is 0 Å². The van der Waals surface area contributed by atoms with Crippen molar-refractivity contribution in [3.8, 4) is 0 Å². The van der Waals surface area contributed by atoms with E-state index in [1.165, 1.54) is 64.2 Å². The summed E-state index contributed by atoms with van der Waals surface area (Å²) >= 11 is -0.826. The van der Waals surface area contributed by atoms with Crippen LogP contribution in [0.25, 0.3) is 0 Å². The third-order valence-corrected chi connectivity index (χ3v) is 9.84. The van der Waals surface area contributed by atoms with Crippen molar-refractivity contribution in [2.45, 2.75) is 77.3 Å². The average molecular weight is 485 g/mol. The fourth-order valence-corrected chi connectivity index (χ4v) is 7.11. The summed E-state index contributed by atoms with van der Waals surface area (Å²) in [5.41, 5.74) is 3.37. The minimum atomic E-state index is -1.52. The summed E-state index contributed by atoms with van der Waals surface area (Å²) in [6.07, 6.45) is 24.0. The molecular weight excluding hydrogens is 454 g/mol. The standard InChI is InChI=1S/C22H30Si.2ClH.Zr/c1-23(2,21-13-17-9-5-3-6-10-18(17)14-21)22-15-19-11-7-4-8-12-20(19)16-22;;;/h13-16H,3-12H2,1-2H3;2*1H;/q;;;+4/p-2. The molecule has 0 saturated heterocycles. The molecule has 0 nitrogen and oxygen atoms in total. The molecule has 0 heterocycles. The Morgan fingerprint density at radius 2 is 0.885 bits per heavy atom. The predicted molar refractivity (Wildman–Crippen MR) is 112 cm³/mol. The molecule has 4 heteroatoms. The first-order chi connectivity index (χ1) is 12.6. The zero-order chi connectivity index (χ0) is 18.6. The Bertz CT molecular complexity index is 366. The number of hydrogen-bond acceptors (Lipinski definition) is 0. The summed E-state index contributed by atoms with van der Waals surface area (Å²) in [5, 5.41) is 0. The van der Waals surface area contributed by atoms with Crippen molar-refractivity contribution in [1.29, 1.82) is 0 Å². The number of rotatable bonds is 2. The molecule has 0 atom stereocenters. The number of halogens is 2. The van der Waals surface area contributed by atoms with E-state index in [0.717, 1.165) is 0 Å². The summed E-state index contributed by atoms with van der Waals surface area (Å²) < 4.78 is 0. The molecule has 4 rings (SSSR count). The zero-order valence-electron chi connectivity index (χ0n) is 16.1. The van der Waals surface area contributed by atoms with Gasteiger partial charge in [0, 0.05) is 0 Å². The van der Waals surface area contributed by atoms with Gasteiger partial charge in [-0.05, 0) is 86.1 Å². The molecule has 0 amide bonds. The van der Waals surface area contributed by atoms with E-state index < -0.39 is 28.9 Å². The van der Waals surface area contributed by atoms with Gasteiger partial charge in [-0.15, -0.1) is 0 Å². The van der Waals surface area contributed by atoms with Gasteiger partial charge in [-0.2, -0.15) is 0 Å². The normalized spacial score (nSPS) is 27.8. The molecule has 0 aromatic rings. The number of fused-ring (bicyclic) bond motifs is 2. The van der Waals surface area contributed by atoms with Crippen LogP contribution >= 0.6 is 17.0 Å². The third-order valence-electron chi connectivity index (χ3n) is 6.37. The topological polar surface area (TPSA) is 0 Å². The van der Waals surface area contributed by atoms with E-state index in [1.54, 1.807) is 34.8 Å². The Labute approximate surface area is 182 Å². The van der Waals surface area contributed by atoms with E-state index in [9.17, 15) is 0 Å². The quantitative estimate of drug-likeness (QED) is 0.359. The van der Waals surface area contributed by atoms with Crippen LogP contribution in [0.15, 0.2) is 0 Å². The Morgan fingerprint density at radius 1 is 0.615 bits per heavy atom. The molecule has 10 radical (unpaired) electrons. The minimum absolute atomic E-state index is 0.826. The third kappa shape index (κ3) is 5.43. The first kappa shape index (κ1) is 22.4. The summed E-state index contributed by atoms with van der Waals surface area (Å²) in [5.74, 6) is 6.69. The monoisotopic (exact) mass is 482 g/mol. The molecule has 4 saturated carbocycles. The molecular formula is C22H30Cl2SiZr+2. The molecule has 0 aliphatic heterocycles. The Morgan fingerprint density at radius 3 is 1.15 bits per heavy atom. The van der Waals surface area contributed by atoms with Crippen LogP contribution in [0.4, 0.5) is 0 Å². The summed E-state index contributed by atoms with van der Waals surface area (Å²) in [6.45, 7) is 5.13. The van der Waals surface area contributed by atoms with Crippen LogP contribution < -0.4 is 0 Å². The van der Waals surface area contributed by atoms with E-state index in [0.29, 0.717) is 0 Å². The van der Waals surface area contributed by atoms with Gasteiger partial charge in [0.2, 0.25) is 0 Å². The first-order valence-corrected chi connectivity index (χ1v) is 19.4. The predicted octanol–water partition coefficient (Wildman–Crippen LogP) is 7.37. The summed E-state index contributed by atoms with van der Waals surface area (Å²) in [6, 6.07) is 0. The van der Waals surface area contributed by atoms with Gasteiger partial charge in [0.25, 0.3) is 0 Å². The molecule has 0 unspecified atom stereocenters. The van der Waals surface area contributed by atoms with E-state index in [1.807, 2.05) is 0 Å². The second-order valence-electron chi connectivity index (χ2n) is 8.41. The molecule has 0 aromatic carbocycles. The van der Waals surface area contributed by atoms with Crippen LogP contribution in [0.2, 0.25) is 13.1 Å². The van der Waals surface area contributed by atoms with E-state index in [4.69, 9.17) is 17.0 Å². The molecule has 4 fully saturated rings. The van der Waals surface area contributed by atoms with Crippen LogP contribution in [0, 0.1) is 60.4 Å². The first-order valence-electron chi connectivity index (χ1n) is 10.1. The van der Waals surface area contributed by atoms with E-state index in [-0.39, 0.29) is 0 Å². The van der Waals surface area contributed by atoms with Crippen LogP contribution in [-0.4, -0.2) is 8.07 Å². The van der Waals surface area contributed by atoms with Crippen molar-refractivity contribution in [1.82, 2.24) is 0 Å². The fourth-order valence-electron chi connectivity index (χ4n) is 4.64. The van der Waals surface area contributed by atoms with Crippen molar-refractivity contribution >= 4 is 25.1 Å². The number of hydrogen-bond donors (Lipinski definition) is 0. The zero-order valence-corrected chi connectivity index (χ0v) is 21.1.